The van der Waals surface area contributed by atoms with Crippen LogP contribution in [0.4, 0.5) is 0 Å². The van der Waals surface area contributed by atoms with E-state index in [1.165, 1.54) is 92.2 Å². The highest BCUT2D eigenvalue weighted by atomic mass is 32.1. The smallest absolute Gasteiger partial charge is 0.0361 e. The number of aryl methyl sites for hydroxylation is 1. The Hall–Kier alpha value is -2.38. The lowest BCUT2D eigenvalue weighted by Gasteiger charge is -2.05. The Morgan fingerprint density at radius 1 is 0.586 bits per heavy atom. The van der Waals surface area contributed by atoms with E-state index in [1.54, 1.807) is 0 Å². The second-order valence-corrected chi connectivity index (χ2v) is 9.43. The summed E-state index contributed by atoms with van der Waals surface area (Å²) < 4.78 is 2.79. The van der Waals surface area contributed by atoms with E-state index in [4.69, 9.17) is 0 Å². The third-order valence-electron chi connectivity index (χ3n) is 6.18. The maximum Gasteiger partial charge on any atom is 0.0361 e. The molecule has 0 unspecified atom stereocenters. The summed E-state index contributed by atoms with van der Waals surface area (Å²) in [6.45, 7) is 2.28. The molecule has 29 heavy (non-hydrogen) atoms. The monoisotopic (exact) mass is 396 g/mol. The van der Waals surface area contributed by atoms with Crippen LogP contribution in [0.2, 0.25) is 0 Å². The molecule has 0 amide bonds. The van der Waals surface area contributed by atoms with Gasteiger partial charge >= 0.3 is 0 Å². The molecule has 0 fully saturated rings. The molecular formula is C28H28S. The van der Waals surface area contributed by atoms with Crippen LogP contribution in [0, 0.1) is 0 Å². The van der Waals surface area contributed by atoms with Crippen LogP contribution in [0.15, 0.2) is 66.7 Å². The Bertz CT molecular complexity index is 1290. The molecule has 0 radical (unpaired) electrons. The van der Waals surface area contributed by atoms with Crippen LogP contribution in [-0.4, -0.2) is 0 Å². The molecule has 0 saturated heterocycles. The number of hydrogen-bond donors (Lipinski definition) is 0. The molecule has 1 heteroatoms. The average molecular weight is 397 g/mol. The summed E-state index contributed by atoms with van der Waals surface area (Å²) in [5.41, 5.74) is 1.49. The Balaban J connectivity index is 1.46. The SMILES string of the molecule is CCCCCCCCc1ccc2cc3c(cc2c1)sc1cc2ccccc2cc13. The van der Waals surface area contributed by atoms with Gasteiger partial charge in [-0.15, -0.1) is 11.3 Å². The van der Waals surface area contributed by atoms with Gasteiger partial charge in [-0.3, -0.25) is 0 Å². The van der Waals surface area contributed by atoms with Gasteiger partial charge in [0.25, 0.3) is 0 Å². The van der Waals surface area contributed by atoms with Gasteiger partial charge in [0.1, 0.15) is 0 Å². The largest absolute Gasteiger partial charge is 0.135 e. The molecule has 0 spiro atoms. The van der Waals surface area contributed by atoms with Crippen LogP contribution in [0.5, 0.6) is 0 Å². The van der Waals surface area contributed by atoms with Gasteiger partial charge in [0.05, 0.1) is 0 Å². The second kappa shape index (κ2) is 8.16. The average Bonchev–Trinajstić information content (AvgIpc) is 3.09. The molecule has 0 N–H and O–H groups in total. The number of unbranched alkanes of at least 4 members (excludes halogenated alkanes) is 5. The molecule has 0 atom stereocenters. The normalized spacial score (nSPS) is 11.9. The van der Waals surface area contributed by atoms with Crippen LogP contribution < -0.4 is 0 Å². The van der Waals surface area contributed by atoms with E-state index in [2.05, 4.69) is 73.7 Å². The zero-order chi connectivity index (χ0) is 19.6. The van der Waals surface area contributed by atoms with E-state index >= 15 is 0 Å². The molecule has 0 aliphatic carbocycles. The van der Waals surface area contributed by atoms with E-state index < -0.39 is 0 Å². The van der Waals surface area contributed by atoms with Gasteiger partial charge in [0.15, 0.2) is 0 Å². The fourth-order valence-corrected chi connectivity index (χ4v) is 5.69. The first-order valence-electron chi connectivity index (χ1n) is 11.1. The number of fused-ring (bicyclic) bond motifs is 5. The summed E-state index contributed by atoms with van der Waals surface area (Å²) in [6.07, 6.45) is 9.38. The van der Waals surface area contributed by atoms with Gasteiger partial charge in [0.2, 0.25) is 0 Å². The van der Waals surface area contributed by atoms with Gasteiger partial charge in [0, 0.05) is 20.2 Å². The van der Waals surface area contributed by atoms with Crippen LogP contribution in [0.3, 0.4) is 0 Å². The Morgan fingerprint density at radius 2 is 1.21 bits per heavy atom. The van der Waals surface area contributed by atoms with Crippen LogP contribution in [0.25, 0.3) is 41.7 Å². The molecule has 146 valence electrons. The van der Waals surface area contributed by atoms with E-state index in [1.807, 2.05) is 11.3 Å². The fraction of sp³-hybridized carbons (Fsp3) is 0.286. The predicted molar refractivity (Wildman–Crippen MR) is 131 cm³/mol. The first-order chi connectivity index (χ1) is 14.3. The lowest BCUT2D eigenvalue weighted by atomic mass is 10.00. The number of thiophene rings is 1. The van der Waals surface area contributed by atoms with Crippen molar-refractivity contribution < 1.29 is 0 Å². The second-order valence-electron chi connectivity index (χ2n) is 8.35. The van der Waals surface area contributed by atoms with Gasteiger partial charge in [-0.2, -0.15) is 0 Å². The lowest BCUT2D eigenvalue weighted by molar-refractivity contribution is 0.607. The summed E-state index contributed by atoms with van der Waals surface area (Å²) in [5.74, 6) is 0. The summed E-state index contributed by atoms with van der Waals surface area (Å²) in [7, 11) is 0. The summed E-state index contributed by atoms with van der Waals surface area (Å²) in [5, 5.41) is 8.19. The molecule has 4 aromatic carbocycles. The van der Waals surface area contributed by atoms with E-state index in [-0.39, 0.29) is 0 Å². The van der Waals surface area contributed by atoms with Gasteiger partial charge < -0.3 is 0 Å². The van der Waals surface area contributed by atoms with Crippen molar-refractivity contribution in [2.75, 3.05) is 0 Å². The minimum atomic E-state index is 1.21. The van der Waals surface area contributed by atoms with Crippen LogP contribution in [-0.2, 0) is 6.42 Å². The third-order valence-corrected chi connectivity index (χ3v) is 7.30. The van der Waals surface area contributed by atoms with Crippen molar-refractivity contribution in [2.24, 2.45) is 0 Å². The highest BCUT2D eigenvalue weighted by Gasteiger charge is 2.08. The van der Waals surface area contributed by atoms with Crippen molar-refractivity contribution in [3.63, 3.8) is 0 Å². The number of rotatable bonds is 7. The Labute approximate surface area is 177 Å². The zero-order valence-electron chi connectivity index (χ0n) is 17.2. The summed E-state index contributed by atoms with van der Waals surface area (Å²) in [4.78, 5) is 0. The fourth-order valence-electron chi connectivity index (χ4n) is 4.52. The van der Waals surface area contributed by atoms with Crippen molar-refractivity contribution in [3.05, 3.63) is 72.3 Å². The lowest BCUT2D eigenvalue weighted by Crippen LogP contribution is -1.87. The molecule has 0 nitrogen and oxygen atoms in total. The molecule has 5 rings (SSSR count). The van der Waals surface area contributed by atoms with Gasteiger partial charge in [-0.05, 0) is 64.2 Å². The van der Waals surface area contributed by atoms with E-state index in [0.717, 1.165) is 0 Å². The molecule has 0 aliphatic rings. The van der Waals surface area contributed by atoms with Gasteiger partial charge in [-0.25, -0.2) is 0 Å². The van der Waals surface area contributed by atoms with Crippen molar-refractivity contribution in [3.8, 4) is 0 Å². The Morgan fingerprint density at radius 3 is 1.97 bits per heavy atom. The number of benzene rings is 4. The quantitative estimate of drug-likeness (QED) is 0.240. The summed E-state index contributed by atoms with van der Waals surface area (Å²) >= 11 is 1.93. The van der Waals surface area contributed by atoms with Crippen molar-refractivity contribution in [1.82, 2.24) is 0 Å². The first kappa shape index (κ1) is 18.6. The van der Waals surface area contributed by atoms with Gasteiger partial charge in [-0.1, -0.05) is 81.5 Å². The molecule has 5 aromatic rings. The molecular weight excluding hydrogens is 368 g/mol. The predicted octanol–water partition coefficient (Wildman–Crippen LogP) is 9.26. The maximum atomic E-state index is 2.42. The van der Waals surface area contributed by atoms with Crippen LogP contribution in [0.1, 0.15) is 51.0 Å². The molecule has 0 bridgehead atoms. The van der Waals surface area contributed by atoms with E-state index in [0.29, 0.717) is 0 Å². The minimum absolute atomic E-state index is 1.21. The molecule has 1 aromatic heterocycles. The van der Waals surface area contributed by atoms with Crippen LogP contribution >= 0.6 is 11.3 Å². The molecule has 1 heterocycles. The highest BCUT2D eigenvalue weighted by Crippen LogP contribution is 2.38. The number of hydrogen-bond acceptors (Lipinski definition) is 1. The van der Waals surface area contributed by atoms with Crippen molar-refractivity contribution in [2.45, 2.75) is 51.9 Å². The van der Waals surface area contributed by atoms with E-state index in [9.17, 15) is 0 Å². The topological polar surface area (TPSA) is 0 Å². The Kier molecular flexibility index (Phi) is 5.24. The standard InChI is InChI=1S/C28H28S/c1-2-3-4-5-6-7-10-20-13-14-23-17-26-25-16-21-11-8-9-12-22(21)18-27(25)29-28(26)19-24(23)15-20/h8-9,11-19H,2-7,10H2,1H3. The summed E-state index contributed by atoms with van der Waals surface area (Å²) in [6, 6.07) is 25.3. The maximum absolute atomic E-state index is 2.42. The zero-order valence-corrected chi connectivity index (χ0v) is 18.0. The minimum Gasteiger partial charge on any atom is -0.135 e. The highest BCUT2D eigenvalue weighted by molar-refractivity contribution is 7.26. The molecule has 0 saturated carbocycles. The van der Waals surface area contributed by atoms with Crippen molar-refractivity contribution in [1.29, 1.82) is 0 Å². The molecule has 0 aliphatic heterocycles. The third kappa shape index (κ3) is 3.76. The first-order valence-corrected chi connectivity index (χ1v) is 11.9. The van der Waals surface area contributed by atoms with Crippen molar-refractivity contribution >= 4 is 53.1 Å².